The summed E-state index contributed by atoms with van der Waals surface area (Å²) in [5.41, 5.74) is 1.34. The highest BCUT2D eigenvalue weighted by atomic mass is 35.5. The van der Waals surface area contributed by atoms with Gasteiger partial charge in [0.15, 0.2) is 11.6 Å². The van der Waals surface area contributed by atoms with E-state index in [2.05, 4.69) is 20.1 Å². The van der Waals surface area contributed by atoms with Crippen LogP contribution in [-0.4, -0.2) is 31.8 Å². The zero-order valence-corrected chi connectivity index (χ0v) is 13.8. The molecule has 23 heavy (non-hydrogen) atoms. The summed E-state index contributed by atoms with van der Waals surface area (Å²) in [4.78, 5) is 13.0. The van der Waals surface area contributed by atoms with Gasteiger partial charge in [0.25, 0.3) is 0 Å². The van der Waals surface area contributed by atoms with Gasteiger partial charge in [-0.25, -0.2) is 14.6 Å². The predicted octanol–water partition coefficient (Wildman–Crippen LogP) is 3.51. The molecule has 0 unspecified atom stereocenters. The topological polar surface area (TPSA) is 65.7 Å². The molecule has 7 heteroatoms. The van der Waals surface area contributed by atoms with Crippen molar-refractivity contribution in [2.45, 2.75) is 19.8 Å². The third-order valence-corrected chi connectivity index (χ3v) is 3.54. The first-order valence-electron chi connectivity index (χ1n) is 7.17. The lowest BCUT2D eigenvalue weighted by molar-refractivity contribution is 0.411. The number of aromatic nitrogens is 5. The molecule has 0 saturated carbocycles. The van der Waals surface area contributed by atoms with Gasteiger partial charge in [-0.2, -0.15) is 5.10 Å². The Bertz CT molecular complexity index is 817. The van der Waals surface area contributed by atoms with E-state index in [1.165, 1.54) is 0 Å². The molecule has 118 valence electrons. The standard InChI is InChI=1S/C16H16ClN5O/c1-10(2)15-20-16(12-9-18-6-7-19-12)22(21-15)13-8-11(17)4-5-14(13)23-3/h4-10H,1-3H3. The maximum absolute atomic E-state index is 6.15. The van der Waals surface area contributed by atoms with Crippen molar-refractivity contribution in [3.05, 3.63) is 47.6 Å². The summed E-state index contributed by atoms with van der Waals surface area (Å²) >= 11 is 6.15. The molecular weight excluding hydrogens is 314 g/mol. The molecule has 0 aliphatic carbocycles. The number of halogens is 1. The summed E-state index contributed by atoms with van der Waals surface area (Å²) in [5.74, 6) is 2.15. The van der Waals surface area contributed by atoms with Crippen LogP contribution in [0.2, 0.25) is 5.02 Å². The Balaban J connectivity index is 2.25. The van der Waals surface area contributed by atoms with Crippen molar-refractivity contribution < 1.29 is 4.74 Å². The van der Waals surface area contributed by atoms with Crippen LogP contribution in [0.3, 0.4) is 0 Å². The van der Waals surface area contributed by atoms with E-state index >= 15 is 0 Å². The minimum atomic E-state index is 0.178. The van der Waals surface area contributed by atoms with Gasteiger partial charge < -0.3 is 4.74 Å². The SMILES string of the molecule is COc1ccc(Cl)cc1-n1nc(C(C)C)nc1-c1cnccn1. The number of hydrogen-bond donors (Lipinski definition) is 0. The highest BCUT2D eigenvalue weighted by molar-refractivity contribution is 6.30. The van der Waals surface area contributed by atoms with Crippen LogP contribution in [0.5, 0.6) is 5.75 Å². The lowest BCUT2D eigenvalue weighted by atomic mass is 10.2. The van der Waals surface area contributed by atoms with Crippen LogP contribution < -0.4 is 4.74 Å². The van der Waals surface area contributed by atoms with Crippen LogP contribution >= 0.6 is 11.6 Å². The monoisotopic (exact) mass is 329 g/mol. The second-order valence-corrected chi connectivity index (χ2v) is 5.70. The molecule has 0 amide bonds. The molecule has 3 rings (SSSR count). The molecular formula is C16H16ClN5O. The largest absolute Gasteiger partial charge is 0.494 e. The Morgan fingerprint density at radius 3 is 2.70 bits per heavy atom. The van der Waals surface area contributed by atoms with Gasteiger partial charge in [-0.15, -0.1) is 0 Å². The summed E-state index contributed by atoms with van der Waals surface area (Å²) in [6, 6.07) is 5.36. The van der Waals surface area contributed by atoms with Crippen molar-refractivity contribution in [2.75, 3.05) is 7.11 Å². The third-order valence-electron chi connectivity index (χ3n) is 3.30. The second-order valence-electron chi connectivity index (χ2n) is 5.27. The molecule has 0 fully saturated rings. The Morgan fingerprint density at radius 2 is 2.04 bits per heavy atom. The molecule has 0 N–H and O–H groups in total. The first-order valence-corrected chi connectivity index (χ1v) is 7.55. The van der Waals surface area contributed by atoms with E-state index < -0.39 is 0 Å². The fourth-order valence-corrected chi connectivity index (χ4v) is 2.32. The zero-order chi connectivity index (χ0) is 16.4. The van der Waals surface area contributed by atoms with Crippen LogP contribution in [0, 0.1) is 0 Å². The van der Waals surface area contributed by atoms with E-state index in [0.717, 1.165) is 0 Å². The number of hydrogen-bond acceptors (Lipinski definition) is 5. The molecule has 1 aromatic carbocycles. The highest BCUT2D eigenvalue weighted by Crippen LogP contribution is 2.30. The molecule has 3 aromatic rings. The lowest BCUT2D eigenvalue weighted by Crippen LogP contribution is -2.04. The smallest absolute Gasteiger partial charge is 0.183 e. The number of rotatable bonds is 4. The van der Waals surface area contributed by atoms with Crippen LogP contribution in [0.15, 0.2) is 36.8 Å². The number of methoxy groups -OCH3 is 1. The van der Waals surface area contributed by atoms with Crippen molar-refractivity contribution in [2.24, 2.45) is 0 Å². The van der Waals surface area contributed by atoms with Crippen molar-refractivity contribution in [1.82, 2.24) is 24.7 Å². The Morgan fingerprint density at radius 1 is 1.22 bits per heavy atom. The van der Waals surface area contributed by atoms with E-state index in [-0.39, 0.29) is 5.92 Å². The number of ether oxygens (including phenoxy) is 1. The van der Waals surface area contributed by atoms with Gasteiger partial charge >= 0.3 is 0 Å². The molecule has 0 spiro atoms. The van der Waals surface area contributed by atoms with Gasteiger partial charge in [0.1, 0.15) is 17.1 Å². The average molecular weight is 330 g/mol. The molecule has 2 aromatic heterocycles. The van der Waals surface area contributed by atoms with Crippen LogP contribution in [0.25, 0.3) is 17.2 Å². The van der Waals surface area contributed by atoms with E-state index in [1.807, 2.05) is 13.8 Å². The maximum Gasteiger partial charge on any atom is 0.183 e. The van der Waals surface area contributed by atoms with Gasteiger partial charge in [0, 0.05) is 23.3 Å². The first kappa shape index (κ1) is 15.4. The summed E-state index contributed by atoms with van der Waals surface area (Å²) in [6.45, 7) is 4.07. The van der Waals surface area contributed by atoms with E-state index in [1.54, 1.807) is 48.6 Å². The summed E-state index contributed by atoms with van der Waals surface area (Å²) in [6.07, 6.45) is 4.90. The molecule has 0 atom stereocenters. The molecule has 0 aliphatic heterocycles. The van der Waals surface area contributed by atoms with Gasteiger partial charge in [-0.3, -0.25) is 4.98 Å². The summed E-state index contributed by atoms with van der Waals surface area (Å²) < 4.78 is 7.13. The summed E-state index contributed by atoms with van der Waals surface area (Å²) in [7, 11) is 1.61. The van der Waals surface area contributed by atoms with Crippen LogP contribution in [0.1, 0.15) is 25.6 Å². The van der Waals surface area contributed by atoms with E-state index in [9.17, 15) is 0 Å². The fourth-order valence-electron chi connectivity index (χ4n) is 2.15. The van der Waals surface area contributed by atoms with Crippen LogP contribution in [-0.2, 0) is 0 Å². The Hall–Kier alpha value is -2.47. The molecule has 0 radical (unpaired) electrons. The van der Waals surface area contributed by atoms with Crippen molar-refractivity contribution >= 4 is 11.6 Å². The Labute approximate surface area is 139 Å². The van der Waals surface area contributed by atoms with Gasteiger partial charge in [0.2, 0.25) is 0 Å². The van der Waals surface area contributed by atoms with Crippen molar-refractivity contribution in [1.29, 1.82) is 0 Å². The van der Waals surface area contributed by atoms with Gasteiger partial charge in [-0.05, 0) is 18.2 Å². The van der Waals surface area contributed by atoms with E-state index in [4.69, 9.17) is 16.3 Å². The minimum absolute atomic E-state index is 0.178. The highest BCUT2D eigenvalue weighted by Gasteiger charge is 2.19. The number of benzene rings is 1. The first-order chi connectivity index (χ1) is 11.1. The maximum atomic E-state index is 6.15. The van der Waals surface area contributed by atoms with Gasteiger partial charge in [-0.1, -0.05) is 25.4 Å². The predicted molar refractivity (Wildman–Crippen MR) is 88.0 cm³/mol. The zero-order valence-electron chi connectivity index (χ0n) is 13.1. The molecule has 0 aliphatic rings. The molecule has 6 nitrogen and oxygen atoms in total. The van der Waals surface area contributed by atoms with Gasteiger partial charge in [0.05, 0.1) is 13.3 Å². The third kappa shape index (κ3) is 3.03. The van der Waals surface area contributed by atoms with Crippen molar-refractivity contribution in [3.63, 3.8) is 0 Å². The molecule has 0 bridgehead atoms. The molecule has 2 heterocycles. The lowest BCUT2D eigenvalue weighted by Gasteiger charge is -2.10. The van der Waals surface area contributed by atoms with Crippen LogP contribution in [0.4, 0.5) is 0 Å². The Kier molecular flexibility index (Phi) is 4.25. The quantitative estimate of drug-likeness (QED) is 0.732. The summed E-state index contributed by atoms with van der Waals surface area (Å²) in [5, 5.41) is 5.20. The fraction of sp³-hybridized carbons (Fsp3) is 0.250. The average Bonchev–Trinajstić information content (AvgIpc) is 3.01. The minimum Gasteiger partial charge on any atom is -0.494 e. The normalized spacial score (nSPS) is 11.0. The second kappa shape index (κ2) is 6.34. The number of nitrogens with zero attached hydrogens (tertiary/aromatic N) is 5. The molecule has 0 saturated heterocycles. The van der Waals surface area contributed by atoms with Crippen molar-refractivity contribution in [3.8, 4) is 23.0 Å². The van der Waals surface area contributed by atoms with E-state index in [0.29, 0.717) is 33.8 Å².